The largest absolute Gasteiger partial charge is 0.303 e. The quantitative estimate of drug-likeness (QED) is 0.468. The molecule has 2 aliphatic rings. The van der Waals surface area contributed by atoms with Gasteiger partial charge in [-0.05, 0) is 74.2 Å². The predicted molar refractivity (Wildman–Crippen MR) is 125 cm³/mol. The molecule has 0 heterocycles. The van der Waals surface area contributed by atoms with Crippen LogP contribution in [0.1, 0.15) is 81.6 Å². The Labute approximate surface area is 178 Å². The van der Waals surface area contributed by atoms with E-state index in [1.165, 1.54) is 22.3 Å². The summed E-state index contributed by atoms with van der Waals surface area (Å²) in [6.45, 7) is 19.3. The zero-order valence-electron chi connectivity index (χ0n) is 20.0. The second-order valence-corrected chi connectivity index (χ2v) is 9.71. The average Bonchev–Trinajstić information content (AvgIpc) is 2.59. The van der Waals surface area contributed by atoms with Gasteiger partial charge in [-0.25, -0.2) is 0 Å². The molecule has 1 unspecified atom stereocenters. The zero-order chi connectivity index (χ0) is 22.4. The molecule has 0 bridgehead atoms. The molecule has 2 aliphatic carbocycles. The number of carbonyl (C=O) groups excluding carboxylic acids is 2. The molecule has 1 atom stereocenters. The number of allylic oxidation sites excluding steroid dienone is 10. The Morgan fingerprint density at radius 1 is 1.14 bits per heavy atom. The molecule has 0 saturated heterocycles. The van der Waals surface area contributed by atoms with Crippen LogP contribution in [0.5, 0.6) is 0 Å². The van der Waals surface area contributed by atoms with Crippen LogP contribution < -0.4 is 0 Å². The van der Waals surface area contributed by atoms with Gasteiger partial charge in [0.1, 0.15) is 6.29 Å². The van der Waals surface area contributed by atoms with Gasteiger partial charge < -0.3 is 4.79 Å². The summed E-state index contributed by atoms with van der Waals surface area (Å²) in [5.41, 5.74) is 6.71. The summed E-state index contributed by atoms with van der Waals surface area (Å²) in [4.78, 5) is 22.3. The van der Waals surface area contributed by atoms with Crippen molar-refractivity contribution in [2.45, 2.75) is 81.6 Å². The van der Waals surface area contributed by atoms with E-state index in [2.05, 4.69) is 60.6 Å². The molecule has 0 amide bonds. The molecule has 0 saturated carbocycles. The lowest BCUT2D eigenvalue weighted by Crippen LogP contribution is -2.26. The Balaban J connectivity index is 0.000000291. The number of carbonyl (C=O) groups is 2. The summed E-state index contributed by atoms with van der Waals surface area (Å²) >= 11 is 0. The van der Waals surface area contributed by atoms with E-state index < -0.39 is 0 Å². The van der Waals surface area contributed by atoms with Crippen LogP contribution in [-0.2, 0) is 9.59 Å². The van der Waals surface area contributed by atoms with Gasteiger partial charge in [-0.3, -0.25) is 4.79 Å². The highest BCUT2D eigenvalue weighted by Gasteiger charge is 2.32. The van der Waals surface area contributed by atoms with E-state index in [0.717, 1.165) is 24.7 Å². The Hall–Kier alpha value is -1.96. The van der Waals surface area contributed by atoms with Crippen molar-refractivity contribution < 1.29 is 9.59 Å². The smallest absolute Gasteiger partial charge is 0.156 e. The molecule has 29 heavy (non-hydrogen) atoms. The van der Waals surface area contributed by atoms with Gasteiger partial charge in [-0.15, -0.1) is 0 Å². The highest BCUT2D eigenvalue weighted by atomic mass is 16.1. The molecule has 2 rings (SSSR count). The van der Waals surface area contributed by atoms with Crippen molar-refractivity contribution >= 4 is 12.1 Å². The Bertz CT molecular complexity index is 779. The fourth-order valence-electron chi connectivity index (χ4n) is 4.85. The molecule has 0 aromatic carbocycles. The Morgan fingerprint density at radius 2 is 1.76 bits per heavy atom. The third kappa shape index (κ3) is 6.52. The van der Waals surface area contributed by atoms with Crippen LogP contribution in [0, 0.1) is 16.7 Å². The first-order chi connectivity index (χ1) is 13.4. The lowest BCUT2D eigenvalue weighted by Gasteiger charge is -2.36. The van der Waals surface area contributed by atoms with Gasteiger partial charge in [-0.2, -0.15) is 0 Å². The first kappa shape index (κ1) is 25.1. The van der Waals surface area contributed by atoms with Crippen LogP contribution in [0.2, 0.25) is 0 Å². The van der Waals surface area contributed by atoms with Crippen LogP contribution in [0.3, 0.4) is 0 Å². The molecule has 160 valence electrons. The molecule has 0 aromatic rings. The minimum atomic E-state index is -0.0184. The van der Waals surface area contributed by atoms with Crippen LogP contribution in [-0.4, -0.2) is 12.1 Å². The van der Waals surface area contributed by atoms with Gasteiger partial charge >= 0.3 is 0 Å². The molecule has 0 N–H and O–H groups in total. The minimum absolute atomic E-state index is 0.0184. The fraction of sp³-hybridized carbons (Fsp3) is 0.556. The van der Waals surface area contributed by atoms with E-state index in [4.69, 9.17) is 0 Å². The van der Waals surface area contributed by atoms with Gasteiger partial charge in [-0.1, -0.05) is 70.1 Å². The number of hydrogen-bond acceptors (Lipinski definition) is 2. The molecule has 0 aliphatic heterocycles. The van der Waals surface area contributed by atoms with Crippen molar-refractivity contribution in [3.8, 4) is 0 Å². The van der Waals surface area contributed by atoms with Crippen molar-refractivity contribution in [3.63, 3.8) is 0 Å². The summed E-state index contributed by atoms with van der Waals surface area (Å²) in [5.74, 6) is 0.346. The van der Waals surface area contributed by atoms with Crippen LogP contribution >= 0.6 is 0 Å². The van der Waals surface area contributed by atoms with E-state index >= 15 is 0 Å². The van der Waals surface area contributed by atoms with Crippen LogP contribution in [0.15, 0.2) is 58.2 Å². The van der Waals surface area contributed by atoms with Gasteiger partial charge in [0.2, 0.25) is 0 Å². The van der Waals surface area contributed by atoms with Crippen molar-refractivity contribution in [1.82, 2.24) is 0 Å². The van der Waals surface area contributed by atoms with Crippen LogP contribution in [0.25, 0.3) is 0 Å². The standard InChI is InChI=1S/C14H22O.C13H18O/c1-6-10(2)13-11(3)7-12(9-15)8-14(13,4)5;1-5-6-7-12-10(2)8-11(14)9-13(12,3)4/h7,9,12H,6,8H2,1-5H3;5-8H,9H2,1-4H3. The van der Waals surface area contributed by atoms with Crippen LogP contribution in [0.4, 0.5) is 0 Å². The first-order valence-corrected chi connectivity index (χ1v) is 10.8. The van der Waals surface area contributed by atoms with E-state index in [1.807, 2.05) is 26.0 Å². The van der Waals surface area contributed by atoms with Gasteiger partial charge in [0.25, 0.3) is 0 Å². The maximum Gasteiger partial charge on any atom is 0.156 e. The van der Waals surface area contributed by atoms with Crippen molar-refractivity contribution in [2.24, 2.45) is 16.7 Å². The highest BCUT2D eigenvalue weighted by molar-refractivity contribution is 5.93. The number of aldehydes is 1. The molecule has 0 radical (unpaired) electrons. The third-order valence-corrected chi connectivity index (χ3v) is 6.02. The van der Waals surface area contributed by atoms with E-state index in [-0.39, 0.29) is 22.5 Å². The average molecular weight is 397 g/mol. The molecule has 0 fully saturated rings. The van der Waals surface area contributed by atoms with E-state index in [1.54, 1.807) is 6.08 Å². The van der Waals surface area contributed by atoms with Crippen molar-refractivity contribution in [3.05, 3.63) is 58.2 Å². The van der Waals surface area contributed by atoms with Gasteiger partial charge in [0, 0.05) is 12.3 Å². The highest BCUT2D eigenvalue weighted by Crippen LogP contribution is 2.44. The lowest BCUT2D eigenvalue weighted by molar-refractivity contribution is -0.116. The summed E-state index contributed by atoms with van der Waals surface area (Å²) in [6.07, 6.45) is 13.7. The second kappa shape index (κ2) is 10.2. The maximum atomic E-state index is 11.4. The van der Waals surface area contributed by atoms with Gasteiger partial charge in [0.15, 0.2) is 5.78 Å². The zero-order valence-corrected chi connectivity index (χ0v) is 20.0. The van der Waals surface area contributed by atoms with E-state index in [9.17, 15) is 9.59 Å². The summed E-state index contributed by atoms with van der Waals surface area (Å²) in [5, 5.41) is 0. The Morgan fingerprint density at radius 3 is 2.21 bits per heavy atom. The fourth-order valence-corrected chi connectivity index (χ4v) is 4.85. The Kier molecular flexibility index (Phi) is 8.81. The second-order valence-electron chi connectivity index (χ2n) is 9.71. The summed E-state index contributed by atoms with van der Waals surface area (Å²) in [7, 11) is 0. The molecule has 0 aromatic heterocycles. The van der Waals surface area contributed by atoms with Gasteiger partial charge in [0.05, 0.1) is 0 Å². The SMILES string of the molecule is CC=CC=C1C(C)=CC(=O)CC1(C)C.CCC(C)=C1C(C)=CC(C=O)CC1(C)C. The molecular formula is C27H40O2. The monoisotopic (exact) mass is 396 g/mol. The number of ketones is 1. The minimum Gasteiger partial charge on any atom is -0.303 e. The van der Waals surface area contributed by atoms with Crippen molar-refractivity contribution in [2.75, 3.05) is 0 Å². The maximum absolute atomic E-state index is 11.4. The molecule has 2 nitrogen and oxygen atoms in total. The normalized spacial score (nSPS) is 26.4. The lowest BCUT2D eigenvalue weighted by atomic mass is 9.68. The predicted octanol–water partition coefficient (Wildman–Crippen LogP) is 7.34. The number of rotatable bonds is 3. The number of hydrogen-bond donors (Lipinski definition) is 0. The molecule has 2 heteroatoms. The first-order valence-electron chi connectivity index (χ1n) is 10.8. The molecular weight excluding hydrogens is 356 g/mol. The molecule has 0 spiro atoms. The summed E-state index contributed by atoms with van der Waals surface area (Å²) < 4.78 is 0. The van der Waals surface area contributed by atoms with E-state index in [0.29, 0.717) is 6.42 Å². The summed E-state index contributed by atoms with van der Waals surface area (Å²) in [6, 6.07) is 0. The topological polar surface area (TPSA) is 34.1 Å². The van der Waals surface area contributed by atoms with Crippen molar-refractivity contribution in [1.29, 1.82) is 0 Å². The third-order valence-electron chi connectivity index (χ3n) is 6.02.